The second-order valence-corrected chi connectivity index (χ2v) is 3.42. The molecule has 0 unspecified atom stereocenters. The molecule has 2 aromatic rings. The summed E-state index contributed by atoms with van der Waals surface area (Å²) in [6.45, 7) is -0.284. The molecular formula is C10H9ClN2O2. The number of aliphatic hydroxyl groups excluding tert-OH is 1. The average molecular weight is 225 g/mol. The first-order chi connectivity index (χ1) is 7.24. The van der Waals surface area contributed by atoms with Crippen molar-refractivity contribution in [2.45, 2.75) is 6.61 Å². The van der Waals surface area contributed by atoms with Crippen molar-refractivity contribution in [2.24, 2.45) is 0 Å². The van der Waals surface area contributed by atoms with E-state index in [1.807, 2.05) is 18.2 Å². The van der Waals surface area contributed by atoms with Crippen LogP contribution >= 0.6 is 11.6 Å². The molecule has 78 valence electrons. The molecule has 0 amide bonds. The third kappa shape index (κ3) is 1.69. The predicted octanol–water partition coefficient (Wildman–Crippen LogP) is 1.31. The van der Waals surface area contributed by atoms with Crippen molar-refractivity contribution >= 4 is 11.6 Å². The highest BCUT2D eigenvalue weighted by Crippen LogP contribution is 2.11. The van der Waals surface area contributed by atoms with E-state index in [1.165, 1.54) is 4.68 Å². The maximum absolute atomic E-state index is 11.6. The van der Waals surface area contributed by atoms with E-state index in [2.05, 4.69) is 5.10 Å². The number of hydrogen-bond acceptors (Lipinski definition) is 2. The van der Waals surface area contributed by atoms with Crippen LogP contribution in [-0.2, 0) is 6.61 Å². The van der Waals surface area contributed by atoms with Crippen molar-refractivity contribution in [2.75, 3.05) is 0 Å². The molecule has 1 aromatic carbocycles. The standard InChI is InChI=1S/C10H9ClN2O2/c11-9-8(6-14)12-13(10(9)15)7-4-2-1-3-5-7/h1-5,12,14H,6H2. The molecule has 0 fully saturated rings. The normalized spacial score (nSPS) is 10.5. The molecule has 1 heterocycles. The average Bonchev–Trinajstić information content (AvgIpc) is 2.57. The molecular weight excluding hydrogens is 216 g/mol. The summed E-state index contributed by atoms with van der Waals surface area (Å²) in [7, 11) is 0. The quantitative estimate of drug-likeness (QED) is 0.808. The number of H-pyrrole nitrogens is 1. The van der Waals surface area contributed by atoms with Gasteiger partial charge in [-0.25, -0.2) is 4.68 Å². The molecule has 0 bridgehead atoms. The fourth-order valence-corrected chi connectivity index (χ4v) is 1.51. The van der Waals surface area contributed by atoms with Gasteiger partial charge >= 0.3 is 0 Å². The molecule has 5 heteroatoms. The number of para-hydroxylation sites is 1. The lowest BCUT2D eigenvalue weighted by Crippen LogP contribution is -2.14. The minimum Gasteiger partial charge on any atom is -0.390 e. The Kier molecular flexibility index (Phi) is 2.62. The van der Waals surface area contributed by atoms with E-state index in [9.17, 15) is 4.79 Å². The Morgan fingerprint density at radius 1 is 1.33 bits per heavy atom. The minimum absolute atomic E-state index is 0.0290. The number of nitrogens with zero attached hydrogens (tertiary/aromatic N) is 1. The van der Waals surface area contributed by atoms with Crippen molar-refractivity contribution in [3.05, 3.63) is 51.4 Å². The highest BCUT2D eigenvalue weighted by molar-refractivity contribution is 6.31. The molecule has 0 saturated carbocycles. The van der Waals surface area contributed by atoms with Gasteiger partial charge in [0.2, 0.25) is 0 Å². The molecule has 0 radical (unpaired) electrons. The van der Waals surface area contributed by atoms with E-state index >= 15 is 0 Å². The van der Waals surface area contributed by atoms with Crippen LogP contribution in [0, 0.1) is 0 Å². The summed E-state index contributed by atoms with van der Waals surface area (Å²) in [5, 5.41) is 11.7. The summed E-state index contributed by atoms with van der Waals surface area (Å²) in [5.41, 5.74) is 0.654. The van der Waals surface area contributed by atoms with E-state index in [1.54, 1.807) is 12.1 Å². The number of nitrogens with one attached hydrogen (secondary N) is 1. The van der Waals surface area contributed by atoms with E-state index in [0.29, 0.717) is 11.4 Å². The van der Waals surface area contributed by atoms with Gasteiger partial charge in [0.25, 0.3) is 5.56 Å². The Morgan fingerprint density at radius 2 is 2.00 bits per heavy atom. The summed E-state index contributed by atoms with van der Waals surface area (Å²) in [6, 6.07) is 9.03. The monoisotopic (exact) mass is 224 g/mol. The summed E-state index contributed by atoms with van der Waals surface area (Å²) in [4.78, 5) is 11.6. The molecule has 1 aromatic heterocycles. The number of benzene rings is 1. The Hall–Kier alpha value is -1.52. The zero-order valence-electron chi connectivity index (χ0n) is 7.77. The van der Waals surface area contributed by atoms with Crippen molar-refractivity contribution in [1.29, 1.82) is 0 Å². The fraction of sp³-hybridized carbons (Fsp3) is 0.100. The van der Waals surface area contributed by atoms with Gasteiger partial charge in [0.1, 0.15) is 5.02 Å². The number of aromatic amines is 1. The van der Waals surface area contributed by atoms with E-state index in [-0.39, 0.29) is 17.2 Å². The van der Waals surface area contributed by atoms with Crippen LogP contribution in [0.2, 0.25) is 5.02 Å². The number of hydrogen-bond donors (Lipinski definition) is 2. The SMILES string of the molecule is O=c1c(Cl)c(CO)[nH]n1-c1ccccc1. The van der Waals surface area contributed by atoms with Crippen molar-refractivity contribution in [3.63, 3.8) is 0 Å². The zero-order chi connectivity index (χ0) is 10.8. The Labute approximate surface area is 90.7 Å². The van der Waals surface area contributed by atoms with Crippen molar-refractivity contribution in [3.8, 4) is 5.69 Å². The van der Waals surface area contributed by atoms with Gasteiger partial charge in [0.05, 0.1) is 18.0 Å². The Morgan fingerprint density at radius 3 is 2.53 bits per heavy atom. The molecule has 2 N–H and O–H groups in total. The third-order valence-electron chi connectivity index (χ3n) is 2.08. The van der Waals surface area contributed by atoms with Gasteiger partial charge in [0, 0.05) is 0 Å². The van der Waals surface area contributed by atoms with Gasteiger partial charge in [-0.15, -0.1) is 0 Å². The van der Waals surface area contributed by atoms with Gasteiger partial charge < -0.3 is 5.11 Å². The molecule has 0 aliphatic rings. The fourth-order valence-electron chi connectivity index (χ4n) is 1.33. The van der Waals surface area contributed by atoms with Crippen LogP contribution in [0.4, 0.5) is 0 Å². The number of aliphatic hydroxyl groups is 1. The highest BCUT2D eigenvalue weighted by Gasteiger charge is 2.11. The van der Waals surface area contributed by atoms with Gasteiger partial charge in [-0.05, 0) is 12.1 Å². The third-order valence-corrected chi connectivity index (χ3v) is 2.46. The van der Waals surface area contributed by atoms with E-state index in [4.69, 9.17) is 16.7 Å². The lowest BCUT2D eigenvalue weighted by Gasteiger charge is -1.99. The topological polar surface area (TPSA) is 58.0 Å². The molecule has 0 aliphatic heterocycles. The van der Waals surface area contributed by atoms with Crippen LogP contribution in [-0.4, -0.2) is 14.9 Å². The van der Waals surface area contributed by atoms with Crippen LogP contribution in [0.1, 0.15) is 5.69 Å². The smallest absolute Gasteiger partial charge is 0.290 e. The van der Waals surface area contributed by atoms with Gasteiger partial charge in [-0.3, -0.25) is 9.89 Å². The Bertz CT molecular complexity index is 516. The first-order valence-electron chi connectivity index (χ1n) is 4.39. The maximum atomic E-state index is 11.6. The molecule has 0 spiro atoms. The van der Waals surface area contributed by atoms with Crippen LogP contribution < -0.4 is 5.56 Å². The zero-order valence-corrected chi connectivity index (χ0v) is 8.53. The van der Waals surface area contributed by atoms with Gasteiger partial charge in [-0.2, -0.15) is 0 Å². The molecule has 4 nitrogen and oxygen atoms in total. The van der Waals surface area contributed by atoms with Crippen molar-refractivity contribution < 1.29 is 5.11 Å². The van der Waals surface area contributed by atoms with Crippen LogP contribution in [0.5, 0.6) is 0 Å². The molecule has 0 aliphatic carbocycles. The number of rotatable bonds is 2. The van der Waals surface area contributed by atoms with Crippen LogP contribution in [0.15, 0.2) is 35.1 Å². The lowest BCUT2D eigenvalue weighted by molar-refractivity contribution is 0.276. The number of halogens is 1. The lowest BCUT2D eigenvalue weighted by atomic mass is 10.3. The molecule has 0 atom stereocenters. The summed E-state index contributed by atoms with van der Waals surface area (Å²) in [6.07, 6.45) is 0. The summed E-state index contributed by atoms with van der Waals surface area (Å²) in [5.74, 6) is 0. The summed E-state index contributed by atoms with van der Waals surface area (Å²) >= 11 is 5.74. The van der Waals surface area contributed by atoms with E-state index < -0.39 is 0 Å². The van der Waals surface area contributed by atoms with Crippen LogP contribution in [0.25, 0.3) is 5.69 Å². The second kappa shape index (κ2) is 3.92. The van der Waals surface area contributed by atoms with Gasteiger partial charge in [0.15, 0.2) is 0 Å². The summed E-state index contributed by atoms with van der Waals surface area (Å²) < 4.78 is 1.30. The predicted molar refractivity (Wildman–Crippen MR) is 57.3 cm³/mol. The minimum atomic E-state index is -0.355. The Balaban J connectivity index is 2.60. The highest BCUT2D eigenvalue weighted by atomic mass is 35.5. The first kappa shape index (κ1) is 10.0. The molecule has 15 heavy (non-hydrogen) atoms. The van der Waals surface area contributed by atoms with E-state index in [0.717, 1.165) is 0 Å². The van der Waals surface area contributed by atoms with Gasteiger partial charge in [-0.1, -0.05) is 29.8 Å². The maximum Gasteiger partial charge on any atom is 0.290 e. The second-order valence-electron chi connectivity index (χ2n) is 3.04. The van der Waals surface area contributed by atoms with Crippen LogP contribution in [0.3, 0.4) is 0 Å². The number of aromatic nitrogens is 2. The first-order valence-corrected chi connectivity index (χ1v) is 4.77. The molecule has 0 saturated heterocycles. The molecule has 2 rings (SSSR count). The van der Waals surface area contributed by atoms with Crippen molar-refractivity contribution in [1.82, 2.24) is 9.78 Å². The largest absolute Gasteiger partial charge is 0.390 e.